The summed E-state index contributed by atoms with van der Waals surface area (Å²) in [5, 5.41) is 18.7. The number of nitrogens with zero attached hydrogens (tertiary/aromatic N) is 3. The zero-order chi connectivity index (χ0) is 12.4. The van der Waals surface area contributed by atoms with Crippen LogP contribution in [-0.4, -0.2) is 19.9 Å². The van der Waals surface area contributed by atoms with E-state index in [1.165, 1.54) is 11.3 Å². The smallest absolute Gasteiger partial charge is 0.223 e. The number of rotatable bonds is 3. The Morgan fingerprint density at radius 3 is 2.72 bits per heavy atom. The first kappa shape index (κ1) is 10.8. The van der Waals surface area contributed by atoms with Gasteiger partial charge in [-0.1, -0.05) is 18.2 Å². The molecule has 0 fully saturated rings. The van der Waals surface area contributed by atoms with Gasteiger partial charge in [-0.15, -0.1) is 11.3 Å². The maximum atomic E-state index is 9.15. The van der Waals surface area contributed by atoms with E-state index < -0.39 is 0 Å². The molecular weight excluding hydrogens is 248 g/mol. The number of aromatic hydroxyl groups is 1. The normalized spacial score (nSPS) is 10.4. The zero-order valence-corrected chi connectivity index (χ0v) is 10.1. The van der Waals surface area contributed by atoms with Gasteiger partial charge in [0.1, 0.15) is 0 Å². The van der Waals surface area contributed by atoms with Gasteiger partial charge in [-0.05, 0) is 12.1 Å². The van der Waals surface area contributed by atoms with Crippen LogP contribution in [0.25, 0.3) is 5.69 Å². The number of hydrogen-bond acceptors (Lipinski definition) is 5. The summed E-state index contributed by atoms with van der Waals surface area (Å²) in [6.07, 6.45) is 1.87. The Morgan fingerprint density at radius 2 is 2.00 bits per heavy atom. The minimum atomic E-state index is 0.0185. The Hall–Kier alpha value is -2.34. The van der Waals surface area contributed by atoms with Gasteiger partial charge in [-0.25, -0.2) is 4.68 Å². The van der Waals surface area contributed by atoms with Crippen LogP contribution in [0.5, 0.6) is 5.88 Å². The summed E-state index contributed by atoms with van der Waals surface area (Å²) < 4.78 is 1.77. The molecule has 90 valence electrons. The molecule has 0 saturated heterocycles. The summed E-state index contributed by atoms with van der Waals surface area (Å²) in [6.45, 7) is 0. The average molecular weight is 258 g/mol. The first-order valence-electron chi connectivity index (χ1n) is 5.34. The van der Waals surface area contributed by atoms with Gasteiger partial charge in [0.05, 0.1) is 11.1 Å². The Balaban J connectivity index is 1.82. The van der Waals surface area contributed by atoms with Gasteiger partial charge in [-0.2, -0.15) is 10.1 Å². The number of nitrogens with one attached hydrogen (secondary N) is 1. The van der Waals surface area contributed by atoms with Crippen molar-refractivity contribution in [2.45, 2.75) is 0 Å². The molecular formula is C12H10N4OS. The summed E-state index contributed by atoms with van der Waals surface area (Å²) >= 11 is 1.33. The van der Waals surface area contributed by atoms with Crippen molar-refractivity contribution in [3.8, 4) is 11.6 Å². The fourth-order valence-electron chi connectivity index (χ4n) is 1.55. The van der Waals surface area contributed by atoms with Gasteiger partial charge in [0.25, 0.3) is 0 Å². The van der Waals surface area contributed by atoms with Crippen molar-refractivity contribution < 1.29 is 5.11 Å². The lowest BCUT2D eigenvalue weighted by Gasteiger charge is -2.00. The maximum absolute atomic E-state index is 9.15. The molecule has 3 rings (SSSR count). The van der Waals surface area contributed by atoms with E-state index in [2.05, 4.69) is 15.4 Å². The number of benzene rings is 1. The summed E-state index contributed by atoms with van der Waals surface area (Å²) in [6, 6.07) is 11.7. The Morgan fingerprint density at radius 1 is 1.17 bits per heavy atom. The van der Waals surface area contributed by atoms with E-state index in [1.807, 2.05) is 42.6 Å². The Bertz CT molecular complexity index is 647. The largest absolute Gasteiger partial charge is 0.493 e. The van der Waals surface area contributed by atoms with Gasteiger partial charge in [0.15, 0.2) is 10.9 Å². The van der Waals surface area contributed by atoms with Crippen LogP contribution >= 0.6 is 11.3 Å². The number of para-hydroxylation sites is 1. The molecule has 2 N–H and O–H groups in total. The van der Waals surface area contributed by atoms with Crippen LogP contribution in [-0.2, 0) is 0 Å². The molecule has 0 bridgehead atoms. The lowest BCUT2D eigenvalue weighted by atomic mass is 10.3. The highest BCUT2D eigenvalue weighted by atomic mass is 32.1. The highest BCUT2D eigenvalue weighted by molar-refractivity contribution is 7.13. The summed E-state index contributed by atoms with van der Waals surface area (Å²) in [7, 11) is 0. The van der Waals surface area contributed by atoms with E-state index in [0.29, 0.717) is 10.9 Å². The van der Waals surface area contributed by atoms with Crippen LogP contribution < -0.4 is 5.32 Å². The van der Waals surface area contributed by atoms with Gasteiger partial charge in [0.2, 0.25) is 5.88 Å². The molecule has 2 aromatic heterocycles. The molecule has 0 spiro atoms. The second kappa shape index (κ2) is 4.50. The molecule has 0 aliphatic rings. The lowest BCUT2D eigenvalue weighted by molar-refractivity contribution is 0.458. The molecule has 2 heterocycles. The Labute approximate surface area is 107 Å². The average Bonchev–Trinajstić information content (AvgIpc) is 3.01. The van der Waals surface area contributed by atoms with Crippen LogP contribution in [0.2, 0.25) is 0 Å². The van der Waals surface area contributed by atoms with E-state index >= 15 is 0 Å². The predicted octanol–water partition coefficient (Wildman–Crippen LogP) is 2.78. The molecule has 3 aromatic rings. The zero-order valence-electron chi connectivity index (χ0n) is 9.32. The van der Waals surface area contributed by atoms with Crippen LogP contribution in [0.15, 0.2) is 48.0 Å². The molecule has 0 atom stereocenters. The third-order valence-corrected chi connectivity index (χ3v) is 3.08. The molecule has 0 amide bonds. The summed E-state index contributed by atoms with van der Waals surface area (Å²) in [4.78, 5) is 3.90. The van der Waals surface area contributed by atoms with E-state index in [4.69, 9.17) is 5.11 Å². The van der Waals surface area contributed by atoms with Gasteiger partial charge < -0.3 is 10.4 Å². The van der Waals surface area contributed by atoms with Crippen molar-refractivity contribution in [3.05, 3.63) is 48.0 Å². The van der Waals surface area contributed by atoms with Gasteiger partial charge in [-0.3, -0.25) is 0 Å². The second-order valence-electron chi connectivity index (χ2n) is 3.62. The lowest BCUT2D eigenvalue weighted by Crippen LogP contribution is -1.96. The molecule has 0 saturated carbocycles. The van der Waals surface area contributed by atoms with Crippen molar-refractivity contribution in [2.75, 3.05) is 5.32 Å². The van der Waals surface area contributed by atoms with E-state index in [9.17, 15) is 0 Å². The summed E-state index contributed by atoms with van der Waals surface area (Å²) in [5.41, 5.74) is 0.993. The number of anilines is 2. The highest BCUT2D eigenvalue weighted by Crippen LogP contribution is 2.23. The minimum absolute atomic E-state index is 0.0185. The summed E-state index contributed by atoms with van der Waals surface area (Å²) in [5.74, 6) is 0.707. The van der Waals surface area contributed by atoms with Gasteiger partial charge >= 0.3 is 0 Å². The molecule has 1 aromatic carbocycles. The van der Waals surface area contributed by atoms with Crippen LogP contribution in [0.3, 0.4) is 0 Å². The highest BCUT2D eigenvalue weighted by Gasteiger charge is 2.04. The molecule has 0 radical (unpaired) electrons. The fraction of sp³-hybridized carbons (Fsp3) is 0. The van der Waals surface area contributed by atoms with Crippen LogP contribution in [0.1, 0.15) is 0 Å². The monoisotopic (exact) mass is 258 g/mol. The van der Waals surface area contributed by atoms with Crippen LogP contribution in [0.4, 0.5) is 10.9 Å². The van der Waals surface area contributed by atoms with Gasteiger partial charge in [0, 0.05) is 12.3 Å². The fourth-order valence-corrected chi connectivity index (χ4v) is 2.13. The van der Waals surface area contributed by atoms with Crippen molar-refractivity contribution in [1.82, 2.24) is 14.8 Å². The van der Waals surface area contributed by atoms with Crippen molar-refractivity contribution >= 4 is 22.3 Å². The standard InChI is InChI=1S/C12H10N4OS/c17-11-8-18-12(14-11)13-10-6-7-16(15-10)9-4-2-1-3-5-9/h1-8,17H,(H,13,14,15). The predicted molar refractivity (Wildman–Crippen MR) is 70.6 cm³/mol. The quantitative estimate of drug-likeness (QED) is 0.758. The molecule has 0 aliphatic heterocycles. The molecule has 6 heteroatoms. The second-order valence-corrected chi connectivity index (χ2v) is 4.48. The molecule has 18 heavy (non-hydrogen) atoms. The maximum Gasteiger partial charge on any atom is 0.223 e. The van der Waals surface area contributed by atoms with Crippen LogP contribution in [0, 0.1) is 0 Å². The third kappa shape index (κ3) is 2.18. The van der Waals surface area contributed by atoms with E-state index in [-0.39, 0.29) is 5.88 Å². The third-order valence-electron chi connectivity index (χ3n) is 2.34. The number of hydrogen-bond donors (Lipinski definition) is 2. The molecule has 0 aliphatic carbocycles. The van der Waals surface area contributed by atoms with Crippen molar-refractivity contribution in [2.24, 2.45) is 0 Å². The first-order chi connectivity index (χ1) is 8.81. The SMILES string of the molecule is Oc1csc(Nc2ccn(-c3ccccc3)n2)n1. The van der Waals surface area contributed by atoms with E-state index in [1.54, 1.807) is 10.1 Å². The molecule has 5 nitrogen and oxygen atoms in total. The number of aromatic nitrogens is 3. The number of thiazole rings is 1. The van der Waals surface area contributed by atoms with Crippen molar-refractivity contribution in [1.29, 1.82) is 0 Å². The Kier molecular flexibility index (Phi) is 2.70. The first-order valence-corrected chi connectivity index (χ1v) is 6.22. The minimum Gasteiger partial charge on any atom is -0.493 e. The molecule has 0 unspecified atom stereocenters. The topological polar surface area (TPSA) is 63.0 Å². The van der Waals surface area contributed by atoms with E-state index in [0.717, 1.165) is 5.69 Å². The van der Waals surface area contributed by atoms with Crippen molar-refractivity contribution in [3.63, 3.8) is 0 Å².